The number of piperidine rings is 1. The normalized spacial score (nSPS) is 27.7. The van der Waals surface area contributed by atoms with E-state index in [9.17, 15) is 19.2 Å². The van der Waals surface area contributed by atoms with Crippen LogP contribution in [0.2, 0.25) is 0 Å². The molecule has 6 heteroatoms. The van der Waals surface area contributed by atoms with Crippen molar-refractivity contribution in [2.45, 2.75) is 39.2 Å². The summed E-state index contributed by atoms with van der Waals surface area (Å²) in [5.41, 5.74) is 0.659. The molecule has 2 saturated heterocycles. The summed E-state index contributed by atoms with van der Waals surface area (Å²) in [5, 5.41) is 2.16. The minimum Gasteiger partial charge on any atom is -0.295 e. The fourth-order valence-electron chi connectivity index (χ4n) is 2.47. The molecule has 0 aromatic heterocycles. The molecule has 0 aromatic rings. The van der Waals surface area contributed by atoms with Gasteiger partial charge in [0.05, 0.1) is 0 Å². The van der Waals surface area contributed by atoms with Gasteiger partial charge in [-0.25, -0.2) is 0 Å². The Hall–Kier alpha value is -2.24. The third-order valence-electron chi connectivity index (χ3n) is 3.41. The number of nitrogens with one attached hydrogen (secondary N) is 1. The highest BCUT2D eigenvalue weighted by atomic mass is 16.2. The molecule has 4 amide bonds. The largest absolute Gasteiger partial charge is 0.295 e. The molecule has 0 radical (unpaired) electrons. The lowest BCUT2D eigenvalue weighted by Crippen LogP contribution is -2.54. The fraction of sp³-hybridized carbons (Fsp3) is 0.429. The number of nitrogens with zero attached hydrogens (tertiary/aromatic N) is 1. The summed E-state index contributed by atoms with van der Waals surface area (Å²) in [7, 11) is 0. The van der Waals surface area contributed by atoms with Crippen LogP contribution in [-0.2, 0) is 19.2 Å². The highest BCUT2D eigenvalue weighted by molar-refractivity contribution is 6.26. The van der Waals surface area contributed by atoms with Gasteiger partial charge in [0.15, 0.2) is 0 Å². The van der Waals surface area contributed by atoms with Crippen molar-refractivity contribution in [2.24, 2.45) is 0 Å². The molecule has 106 valence electrons. The van der Waals surface area contributed by atoms with E-state index in [4.69, 9.17) is 0 Å². The zero-order valence-corrected chi connectivity index (χ0v) is 11.4. The van der Waals surface area contributed by atoms with Crippen LogP contribution < -0.4 is 5.32 Å². The molecule has 20 heavy (non-hydrogen) atoms. The second-order valence-corrected chi connectivity index (χ2v) is 4.68. The first-order valence-corrected chi connectivity index (χ1v) is 6.59. The standard InChI is InChI=1S/C14H16N2O4/c1-3-5-9-8(4-2)13(19)16(14(9)20)10-6-7-11(17)15-12(10)18/h4-5,10H,3,6-7H2,1-2H3,(H,15,17,18)/b8-4+,9-5+. The molecule has 1 unspecified atom stereocenters. The van der Waals surface area contributed by atoms with Crippen LogP contribution in [0.3, 0.4) is 0 Å². The zero-order chi connectivity index (χ0) is 14.9. The topological polar surface area (TPSA) is 83.6 Å². The Labute approximate surface area is 116 Å². The number of carbonyl (C=O) groups is 4. The summed E-state index contributed by atoms with van der Waals surface area (Å²) in [6, 6.07) is -0.898. The predicted molar refractivity (Wildman–Crippen MR) is 70.2 cm³/mol. The van der Waals surface area contributed by atoms with E-state index in [-0.39, 0.29) is 18.7 Å². The SMILES string of the molecule is C/C=C1/C(=O)N(C2CCC(=O)NC2=O)C(=O)/C1=C/CC. The number of hydrogen-bond donors (Lipinski definition) is 1. The van der Waals surface area contributed by atoms with E-state index >= 15 is 0 Å². The summed E-state index contributed by atoms with van der Waals surface area (Å²) < 4.78 is 0. The molecule has 0 spiro atoms. The van der Waals surface area contributed by atoms with Gasteiger partial charge in [-0.05, 0) is 19.8 Å². The van der Waals surface area contributed by atoms with E-state index in [0.717, 1.165) is 4.90 Å². The lowest BCUT2D eigenvalue weighted by atomic mass is 10.0. The van der Waals surface area contributed by atoms with Crippen LogP contribution in [-0.4, -0.2) is 34.6 Å². The van der Waals surface area contributed by atoms with Crippen LogP contribution in [0.4, 0.5) is 0 Å². The molecule has 2 rings (SSSR count). The Balaban J connectivity index is 2.36. The predicted octanol–water partition coefficient (Wildman–Crippen LogP) is 0.443. The van der Waals surface area contributed by atoms with Crippen LogP contribution in [0.1, 0.15) is 33.1 Å². The number of rotatable bonds is 2. The van der Waals surface area contributed by atoms with Crippen molar-refractivity contribution in [3.05, 3.63) is 23.3 Å². The van der Waals surface area contributed by atoms with Crippen LogP contribution in [0.5, 0.6) is 0 Å². The molecule has 2 fully saturated rings. The summed E-state index contributed by atoms with van der Waals surface area (Å²) in [6.07, 6.45) is 4.19. The van der Waals surface area contributed by atoms with Crippen molar-refractivity contribution >= 4 is 23.6 Å². The van der Waals surface area contributed by atoms with Crippen molar-refractivity contribution in [1.29, 1.82) is 0 Å². The highest BCUT2D eigenvalue weighted by Crippen LogP contribution is 2.29. The van der Waals surface area contributed by atoms with Gasteiger partial charge in [0.25, 0.3) is 11.8 Å². The zero-order valence-electron chi connectivity index (χ0n) is 11.4. The van der Waals surface area contributed by atoms with Crippen molar-refractivity contribution in [3.63, 3.8) is 0 Å². The lowest BCUT2D eigenvalue weighted by Gasteiger charge is -2.27. The van der Waals surface area contributed by atoms with Crippen LogP contribution in [0.15, 0.2) is 23.3 Å². The number of allylic oxidation sites excluding steroid dienone is 2. The molecular formula is C14H16N2O4. The highest BCUT2D eigenvalue weighted by Gasteiger charge is 2.45. The maximum absolute atomic E-state index is 12.3. The number of carbonyl (C=O) groups excluding carboxylic acids is 4. The van der Waals surface area contributed by atoms with E-state index < -0.39 is 23.8 Å². The molecule has 0 aromatic carbocycles. The molecule has 0 aliphatic carbocycles. The Morgan fingerprint density at radius 2 is 1.85 bits per heavy atom. The molecule has 2 aliphatic heterocycles. The Morgan fingerprint density at radius 1 is 1.20 bits per heavy atom. The average molecular weight is 276 g/mol. The van der Waals surface area contributed by atoms with Gasteiger partial charge in [-0.1, -0.05) is 19.1 Å². The Bertz CT molecular complexity index is 560. The maximum Gasteiger partial charge on any atom is 0.261 e. The van der Waals surface area contributed by atoms with Crippen molar-refractivity contribution in [2.75, 3.05) is 0 Å². The van der Waals surface area contributed by atoms with E-state index in [1.807, 2.05) is 6.92 Å². The minimum atomic E-state index is -0.898. The van der Waals surface area contributed by atoms with Gasteiger partial charge in [0.1, 0.15) is 6.04 Å². The van der Waals surface area contributed by atoms with E-state index in [1.165, 1.54) is 0 Å². The maximum atomic E-state index is 12.3. The van der Waals surface area contributed by atoms with E-state index in [2.05, 4.69) is 5.32 Å². The first-order valence-electron chi connectivity index (χ1n) is 6.59. The third-order valence-corrected chi connectivity index (χ3v) is 3.41. The van der Waals surface area contributed by atoms with Gasteiger partial charge in [-0.15, -0.1) is 0 Å². The number of imide groups is 2. The third kappa shape index (κ3) is 2.17. The fourth-order valence-corrected chi connectivity index (χ4v) is 2.47. The lowest BCUT2D eigenvalue weighted by molar-refractivity contribution is -0.149. The molecule has 1 atom stereocenters. The molecule has 0 saturated carbocycles. The quantitative estimate of drug-likeness (QED) is 0.586. The minimum absolute atomic E-state index is 0.130. The molecule has 1 N–H and O–H groups in total. The van der Waals surface area contributed by atoms with Gasteiger partial charge >= 0.3 is 0 Å². The average Bonchev–Trinajstić information content (AvgIpc) is 2.63. The number of likely N-dealkylation sites (tertiary alicyclic amines) is 1. The van der Waals surface area contributed by atoms with Crippen molar-refractivity contribution in [3.8, 4) is 0 Å². The Kier molecular flexibility index (Phi) is 3.83. The molecule has 0 bridgehead atoms. The molecular weight excluding hydrogens is 260 g/mol. The second-order valence-electron chi connectivity index (χ2n) is 4.68. The van der Waals surface area contributed by atoms with Crippen molar-refractivity contribution < 1.29 is 19.2 Å². The number of amides is 4. The first-order chi connectivity index (χ1) is 9.51. The van der Waals surface area contributed by atoms with Crippen LogP contribution in [0.25, 0.3) is 0 Å². The van der Waals surface area contributed by atoms with Gasteiger partial charge in [0.2, 0.25) is 11.8 Å². The molecule has 2 heterocycles. The van der Waals surface area contributed by atoms with Crippen molar-refractivity contribution in [1.82, 2.24) is 10.2 Å². The van der Waals surface area contributed by atoms with Crippen LogP contribution >= 0.6 is 0 Å². The smallest absolute Gasteiger partial charge is 0.261 e. The molecule has 2 aliphatic rings. The van der Waals surface area contributed by atoms with E-state index in [1.54, 1.807) is 19.1 Å². The summed E-state index contributed by atoms with van der Waals surface area (Å²) in [6.45, 7) is 3.55. The monoisotopic (exact) mass is 276 g/mol. The van der Waals surface area contributed by atoms with Gasteiger partial charge < -0.3 is 0 Å². The van der Waals surface area contributed by atoms with Gasteiger partial charge in [0, 0.05) is 17.6 Å². The first kappa shape index (κ1) is 14.2. The summed E-state index contributed by atoms with van der Waals surface area (Å²) in [4.78, 5) is 48.6. The van der Waals surface area contributed by atoms with Crippen LogP contribution in [0, 0.1) is 0 Å². The van der Waals surface area contributed by atoms with E-state index in [0.29, 0.717) is 17.6 Å². The van der Waals surface area contributed by atoms with Gasteiger partial charge in [-0.2, -0.15) is 0 Å². The molecule has 6 nitrogen and oxygen atoms in total. The summed E-state index contributed by atoms with van der Waals surface area (Å²) >= 11 is 0. The summed E-state index contributed by atoms with van der Waals surface area (Å²) in [5.74, 6) is -1.89. The van der Waals surface area contributed by atoms with Gasteiger partial charge in [-0.3, -0.25) is 29.4 Å². The Morgan fingerprint density at radius 3 is 2.40 bits per heavy atom. The second kappa shape index (κ2) is 5.40. The number of hydrogen-bond acceptors (Lipinski definition) is 4.